The normalized spacial score (nSPS) is 14.1. The van der Waals surface area contributed by atoms with E-state index in [0.29, 0.717) is 0 Å². The third kappa shape index (κ3) is 3.18. The molecule has 0 fully saturated rings. The molecule has 2 atom stereocenters. The minimum Gasteiger partial charge on any atom is -0.388 e. The molecule has 2 aromatic carbocycles. The van der Waals surface area contributed by atoms with Gasteiger partial charge in [0.25, 0.3) is 0 Å². The molecular formula is C16H16F2O. The van der Waals surface area contributed by atoms with E-state index in [1.165, 1.54) is 18.2 Å². The van der Waals surface area contributed by atoms with Gasteiger partial charge >= 0.3 is 0 Å². The number of aliphatic hydroxyl groups excluding tert-OH is 1. The maximum Gasteiger partial charge on any atom is 0.129 e. The summed E-state index contributed by atoms with van der Waals surface area (Å²) in [5.74, 6) is -1.40. The highest BCUT2D eigenvalue weighted by Crippen LogP contribution is 2.26. The van der Waals surface area contributed by atoms with Crippen molar-refractivity contribution >= 4 is 0 Å². The van der Waals surface area contributed by atoms with E-state index in [2.05, 4.69) is 0 Å². The van der Waals surface area contributed by atoms with Crippen LogP contribution in [-0.4, -0.2) is 5.11 Å². The van der Waals surface area contributed by atoms with Gasteiger partial charge in [-0.1, -0.05) is 43.3 Å². The summed E-state index contributed by atoms with van der Waals surface area (Å²) in [7, 11) is 0. The summed E-state index contributed by atoms with van der Waals surface area (Å²) < 4.78 is 27.1. The number of rotatable bonds is 4. The number of halogens is 2. The molecule has 3 heteroatoms. The summed E-state index contributed by atoms with van der Waals surface area (Å²) in [6, 6.07) is 12.9. The minimum atomic E-state index is -0.736. The lowest BCUT2D eigenvalue weighted by molar-refractivity contribution is 0.116. The van der Waals surface area contributed by atoms with E-state index in [1.807, 2.05) is 18.2 Å². The molecule has 0 amide bonds. The largest absolute Gasteiger partial charge is 0.388 e. The number of hydrogen-bond acceptors (Lipinski definition) is 1. The maximum absolute atomic E-state index is 13.6. The lowest BCUT2D eigenvalue weighted by Gasteiger charge is -2.19. The van der Waals surface area contributed by atoms with E-state index in [-0.39, 0.29) is 17.9 Å². The molecular weight excluding hydrogens is 246 g/mol. The van der Waals surface area contributed by atoms with Crippen LogP contribution in [0.1, 0.15) is 24.2 Å². The lowest BCUT2D eigenvalue weighted by atomic mass is 9.91. The third-order valence-electron chi connectivity index (χ3n) is 3.27. The molecule has 0 aliphatic heterocycles. The molecule has 0 bridgehead atoms. The van der Waals surface area contributed by atoms with Crippen molar-refractivity contribution in [2.75, 3.05) is 0 Å². The van der Waals surface area contributed by atoms with Crippen molar-refractivity contribution in [3.63, 3.8) is 0 Å². The van der Waals surface area contributed by atoms with Crippen molar-refractivity contribution in [1.29, 1.82) is 0 Å². The summed E-state index contributed by atoms with van der Waals surface area (Å²) in [5, 5.41) is 10.2. The number of hydrogen-bond donors (Lipinski definition) is 1. The Kier molecular flexibility index (Phi) is 4.27. The van der Waals surface area contributed by atoms with Crippen LogP contribution in [0.3, 0.4) is 0 Å². The zero-order chi connectivity index (χ0) is 13.8. The molecule has 1 nitrogen and oxygen atoms in total. The van der Waals surface area contributed by atoms with Gasteiger partial charge in [-0.2, -0.15) is 0 Å². The van der Waals surface area contributed by atoms with Crippen LogP contribution < -0.4 is 0 Å². The second kappa shape index (κ2) is 5.93. The van der Waals surface area contributed by atoms with Crippen LogP contribution in [0.15, 0.2) is 48.5 Å². The molecule has 2 rings (SSSR count). The Bertz CT molecular complexity index is 519. The molecule has 0 saturated heterocycles. The Morgan fingerprint density at radius 2 is 1.53 bits per heavy atom. The van der Waals surface area contributed by atoms with Gasteiger partial charge in [0.05, 0.1) is 6.10 Å². The molecule has 2 unspecified atom stereocenters. The van der Waals surface area contributed by atoms with E-state index in [1.54, 1.807) is 19.1 Å². The number of benzene rings is 2. The fourth-order valence-corrected chi connectivity index (χ4v) is 2.14. The second-order valence-electron chi connectivity index (χ2n) is 4.74. The van der Waals surface area contributed by atoms with Gasteiger partial charge in [-0.15, -0.1) is 0 Å². The van der Waals surface area contributed by atoms with Crippen LogP contribution in [0.2, 0.25) is 0 Å². The molecule has 0 aromatic heterocycles. The summed E-state index contributed by atoms with van der Waals surface area (Å²) in [4.78, 5) is 0. The molecule has 1 N–H and O–H groups in total. The highest BCUT2D eigenvalue weighted by Gasteiger charge is 2.20. The van der Waals surface area contributed by atoms with Gasteiger partial charge in [-0.05, 0) is 30.0 Å². The zero-order valence-electron chi connectivity index (χ0n) is 10.7. The Labute approximate surface area is 111 Å². The smallest absolute Gasteiger partial charge is 0.129 e. The fraction of sp³-hybridized carbons (Fsp3) is 0.250. The molecule has 0 heterocycles. The summed E-state index contributed by atoms with van der Waals surface area (Å²) in [6.45, 7) is 1.78. The SMILES string of the molecule is CC(Cc1c(F)cccc1F)C(O)c1ccccc1. The van der Waals surface area contributed by atoms with Crippen molar-refractivity contribution in [3.05, 3.63) is 71.3 Å². The van der Waals surface area contributed by atoms with Gasteiger partial charge in [0.15, 0.2) is 0 Å². The molecule has 0 aliphatic rings. The quantitative estimate of drug-likeness (QED) is 0.886. The summed E-state index contributed by atoms with van der Waals surface area (Å²) in [5.41, 5.74) is 0.789. The predicted molar refractivity (Wildman–Crippen MR) is 70.6 cm³/mol. The topological polar surface area (TPSA) is 20.2 Å². The molecule has 0 aliphatic carbocycles. The van der Waals surface area contributed by atoms with Crippen molar-refractivity contribution < 1.29 is 13.9 Å². The van der Waals surface area contributed by atoms with Gasteiger partial charge in [-0.25, -0.2) is 8.78 Å². The van der Waals surface area contributed by atoms with Crippen LogP contribution in [0.4, 0.5) is 8.78 Å². The predicted octanol–water partition coefficient (Wildman–Crippen LogP) is 3.88. The molecule has 100 valence electrons. The van der Waals surface area contributed by atoms with Crippen LogP contribution in [-0.2, 0) is 6.42 Å². The van der Waals surface area contributed by atoms with Crippen LogP contribution in [0.25, 0.3) is 0 Å². The van der Waals surface area contributed by atoms with Crippen molar-refractivity contribution in [3.8, 4) is 0 Å². The Balaban J connectivity index is 2.15. The van der Waals surface area contributed by atoms with Crippen LogP contribution in [0, 0.1) is 17.6 Å². The standard InChI is InChI=1S/C16H16F2O/c1-11(16(19)12-6-3-2-4-7-12)10-13-14(17)8-5-9-15(13)18/h2-9,11,16,19H,10H2,1H3. The first-order chi connectivity index (χ1) is 9.09. The lowest BCUT2D eigenvalue weighted by Crippen LogP contribution is -2.13. The minimum absolute atomic E-state index is 0.0324. The van der Waals surface area contributed by atoms with Gasteiger partial charge in [0.1, 0.15) is 11.6 Å². The average Bonchev–Trinajstić information content (AvgIpc) is 2.43. The Morgan fingerprint density at radius 3 is 2.11 bits per heavy atom. The van der Waals surface area contributed by atoms with Gasteiger partial charge in [0, 0.05) is 5.56 Å². The maximum atomic E-state index is 13.6. The monoisotopic (exact) mass is 262 g/mol. The number of aliphatic hydroxyl groups is 1. The highest BCUT2D eigenvalue weighted by atomic mass is 19.1. The first-order valence-corrected chi connectivity index (χ1v) is 6.25. The molecule has 2 aromatic rings. The second-order valence-corrected chi connectivity index (χ2v) is 4.74. The van der Waals surface area contributed by atoms with Crippen LogP contribution >= 0.6 is 0 Å². The average molecular weight is 262 g/mol. The molecule has 0 spiro atoms. The van der Waals surface area contributed by atoms with Crippen molar-refractivity contribution in [2.45, 2.75) is 19.4 Å². The van der Waals surface area contributed by atoms with E-state index in [9.17, 15) is 13.9 Å². The zero-order valence-corrected chi connectivity index (χ0v) is 10.7. The highest BCUT2D eigenvalue weighted by molar-refractivity contribution is 5.22. The first-order valence-electron chi connectivity index (χ1n) is 6.25. The Morgan fingerprint density at radius 1 is 0.947 bits per heavy atom. The summed E-state index contributed by atoms with van der Waals surface area (Å²) >= 11 is 0. The molecule has 19 heavy (non-hydrogen) atoms. The first kappa shape index (κ1) is 13.7. The van der Waals surface area contributed by atoms with Gasteiger partial charge < -0.3 is 5.11 Å². The van der Waals surface area contributed by atoms with Crippen LogP contribution in [0.5, 0.6) is 0 Å². The van der Waals surface area contributed by atoms with E-state index < -0.39 is 17.7 Å². The van der Waals surface area contributed by atoms with E-state index in [4.69, 9.17) is 0 Å². The van der Waals surface area contributed by atoms with Crippen molar-refractivity contribution in [2.24, 2.45) is 5.92 Å². The van der Waals surface area contributed by atoms with Gasteiger partial charge in [-0.3, -0.25) is 0 Å². The third-order valence-corrected chi connectivity index (χ3v) is 3.27. The van der Waals surface area contributed by atoms with Gasteiger partial charge in [0.2, 0.25) is 0 Å². The van der Waals surface area contributed by atoms with E-state index in [0.717, 1.165) is 5.56 Å². The van der Waals surface area contributed by atoms with Crippen molar-refractivity contribution in [1.82, 2.24) is 0 Å². The molecule has 0 saturated carbocycles. The Hall–Kier alpha value is -1.74. The fourth-order valence-electron chi connectivity index (χ4n) is 2.14. The molecule has 0 radical (unpaired) electrons. The van der Waals surface area contributed by atoms with E-state index >= 15 is 0 Å². The summed E-state index contributed by atoms with van der Waals surface area (Å²) in [6.07, 6.45) is -0.575.